The van der Waals surface area contributed by atoms with Crippen molar-refractivity contribution in [3.63, 3.8) is 0 Å². The third-order valence-corrected chi connectivity index (χ3v) is 4.95. The third-order valence-electron chi connectivity index (χ3n) is 4.95. The van der Waals surface area contributed by atoms with Gasteiger partial charge < -0.3 is 28.8 Å². The Morgan fingerprint density at radius 3 is 2.96 bits per heavy atom. The minimum absolute atomic E-state index is 0.0866. The van der Waals surface area contributed by atoms with Gasteiger partial charge in [-0.05, 0) is 30.5 Å². The Morgan fingerprint density at radius 1 is 1.27 bits per heavy atom. The number of aromatic nitrogens is 2. The van der Waals surface area contributed by atoms with Crippen molar-refractivity contribution >= 4 is 0 Å². The molecule has 140 valence electrons. The molecule has 1 fully saturated rings. The minimum atomic E-state index is 0.0866. The fraction of sp³-hybridized carbons (Fsp3) is 0.526. The van der Waals surface area contributed by atoms with Gasteiger partial charge in [0.05, 0.1) is 25.3 Å². The third kappa shape index (κ3) is 3.50. The summed E-state index contributed by atoms with van der Waals surface area (Å²) in [6.45, 7) is 2.62. The van der Waals surface area contributed by atoms with Crippen molar-refractivity contribution in [3.05, 3.63) is 35.9 Å². The number of ether oxygens (including phenoxy) is 4. The van der Waals surface area contributed by atoms with Crippen LogP contribution in [0.25, 0.3) is 0 Å². The maximum atomic E-state index is 5.94. The molecule has 0 saturated carbocycles. The molecule has 1 saturated heterocycles. The average molecular weight is 359 g/mol. The number of hydrogen-bond acceptors (Lipinski definition) is 6. The summed E-state index contributed by atoms with van der Waals surface area (Å²) in [4.78, 5) is 4.20. The van der Waals surface area contributed by atoms with Crippen LogP contribution < -0.4 is 19.5 Å². The summed E-state index contributed by atoms with van der Waals surface area (Å²) in [6, 6.07) is 4.43. The van der Waals surface area contributed by atoms with Crippen molar-refractivity contribution < 1.29 is 18.9 Å². The number of nitrogens with one attached hydrogen (secondary N) is 1. The lowest BCUT2D eigenvalue weighted by Crippen LogP contribution is -2.36. The van der Waals surface area contributed by atoms with Gasteiger partial charge in [0.15, 0.2) is 11.5 Å². The monoisotopic (exact) mass is 359 g/mol. The van der Waals surface area contributed by atoms with Crippen LogP contribution in [0, 0.1) is 0 Å². The van der Waals surface area contributed by atoms with E-state index in [1.54, 1.807) is 7.11 Å². The molecule has 3 heterocycles. The standard InChI is InChI=1S/C19H25N3O4/c1-22-12-20-11-15(22)16-9-14(3-4-24-16)21-10-13-7-17(23-2)19-18(8-13)25-5-6-26-19/h7-8,11-12,14,16,21H,3-6,9-10H2,1-2H3/t14-,16+/m0/s1. The Hall–Kier alpha value is -2.25. The second kappa shape index (κ2) is 7.55. The number of nitrogens with zero attached hydrogens (tertiary/aromatic N) is 2. The van der Waals surface area contributed by atoms with Crippen molar-refractivity contribution in [2.75, 3.05) is 26.9 Å². The predicted octanol–water partition coefficient (Wildman–Crippen LogP) is 2.21. The van der Waals surface area contributed by atoms with Crippen molar-refractivity contribution in [2.24, 2.45) is 7.05 Å². The van der Waals surface area contributed by atoms with E-state index in [2.05, 4.69) is 10.3 Å². The SMILES string of the molecule is COc1cc(CN[C@H]2CCO[C@@H](c3cncn3C)C2)cc2c1OCCO2. The lowest BCUT2D eigenvalue weighted by Gasteiger charge is -2.30. The highest BCUT2D eigenvalue weighted by molar-refractivity contribution is 5.54. The summed E-state index contributed by atoms with van der Waals surface area (Å²) in [7, 11) is 3.66. The van der Waals surface area contributed by atoms with Crippen LogP contribution in [0.2, 0.25) is 0 Å². The van der Waals surface area contributed by atoms with Gasteiger partial charge in [-0.3, -0.25) is 0 Å². The zero-order chi connectivity index (χ0) is 17.9. The van der Waals surface area contributed by atoms with Gasteiger partial charge in [0, 0.05) is 26.2 Å². The van der Waals surface area contributed by atoms with Crippen molar-refractivity contribution in [1.82, 2.24) is 14.9 Å². The van der Waals surface area contributed by atoms with Gasteiger partial charge in [-0.25, -0.2) is 4.98 Å². The van der Waals surface area contributed by atoms with E-state index in [0.29, 0.717) is 25.0 Å². The van der Waals surface area contributed by atoms with E-state index >= 15 is 0 Å². The summed E-state index contributed by atoms with van der Waals surface area (Å²) < 4.78 is 24.8. The Balaban J connectivity index is 1.41. The molecule has 2 atom stereocenters. The molecule has 0 spiro atoms. The fourth-order valence-corrected chi connectivity index (χ4v) is 3.56. The number of imidazole rings is 1. The quantitative estimate of drug-likeness (QED) is 0.883. The van der Waals surface area contributed by atoms with Crippen LogP contribution in [-0.2, 0) is 18.3 Å². The van der Waals surface area contributed by atoms with Crippen LogP contribution in [0.1, 0.15) is 30.2 Å². The molecule has 2 aromatic rings. The first-order valence-electron chi connectivity index (χ1n) is 9.02. The first-order valence-corrected chi connectivity index (χ1v) is 9.02. The van der Waals surface area contributed by atoms with Gasteiger partial charge in [-0.2, -0.15) is 0 Å². The molecule has 7 nitrogen and oxygen atoms in total. The lowest BCUT2D eigenvalue weighted by atomic mass is 10.0. The Labute approximate surface area is 153 Å². The smallest absolute Gasteiger partial charge is 0.203 e. The van der Waals surface area contributed by atoms with Gasteiger partial charge in [0.25, 0.3) is 0 Å². The first-order chi connectivity index (χ1) is 12.7. The molecule has 7 heteroatoms. The Kier molecular flexibility index (Phi) is 4.99. The van der Waals surface area contributed by atoms with Gasteiger partial charge in [-0.15, -0.1) is 0 Å². The molecule has 0 radical (unpaired) electrons. The number of methoxy groups -OCH3 is 1. The van der Waals surface area contributed by atoms with Gasteiger partial charge in [-0.1, -0.05) is 0 Å². The molecule has 26 heavy (non-hydrogen) atoms. The zero-order valence-electron chi connectivity index (χ0n) is 15.2. The summed E-state index contributed by atoms with van der Waals surface area (Å²) in [5.41, 5.74) is 2.24. The van der Waals surface area contributed by atoms with Crippen molar-refractivity contribution in [1.29, 1.82) is 0 Å². The van der Waals surface area contributed by atoms with E-state index in [1.165, 1.54) is 0 Å². The largest absolute Gasteiger partial charge is 0.493 e. The second-order valence-corrected chi connectivity index (χ2v) is 6.71. The molecule has 4 rings (SSSR count). The van der Waals surface area contributed by atoms with Crippen molar-refractivity contribution in [2.45, 2.75) is 31.5 Å². The topological polar surface area (TPSA) is 66.8 Å². The number of aryl methyl sites for hydroxylation is 1. The van der Waals surface area contributed by atoms with E-state index in [1.807, 2.05) is 36.3 Å². The van der Waals surface area contributed by atoms with E-state index in [0.717, 1.165) is 48.7 Å². The molecule has 0 bridgehead atoms. The number of hydrogen-bond donors (Lipinski definition) is 1. The van der Waals surface area contributed by atoms with Crippen LogP contribution in [0.3, 0.4) is 0 Å². The Morgan fingerprint density at radius 2 is 2.15 bits per heavy atom. The lowest BCUT2D eigenvalue weighted by molar-refractivity contribution is -0.00405. The van der Waals surface area contributed by atoms with E-state index in [4.69, 9.17) is 18.9 Å². The molecule has 2 aliphatic rings. The second-order valence-electron chi connectivity index (χ2n) is 6.71. The summed E-state index contributed by atoms with van der Waals surface area (Å²) in [5.74, 6) is 2.18. The molecule has 1 N–H and O–H groups in total. The number of benzene rings is 1. The van der Waals surface area contributed by atoms with Crippen molar-refractivity contribution in [3.8, 4) is 17.2 Å². The highest BCUT2D eigenvalue weighted by atomic mass is 16.6. The van der Waals surface area contributed by atoms with Crippen LogP contribution in [-0.4, -0.2) is 42.5 Å². The van der Waals surface area contributed by atoms with Gasteiger partial charge in [0.1, 0.15) is 19.3 Å². The van der Waals surface area contributed by atoms with Gasteiger partial charge >= 0.3 is 0 Å². The van der Waals surface area contributed by atoms with Crippen LogP contribution in [0.5, 0.6) is 17.2 Å². The van der Waals surface area contributed by atoms with E-state index < -0.39 is 0 Å². The number of fused-ring (bicyclic) bond motifs is 1. The molecule has 1 aromatic carbocycles. The van der Waals surface area contributed by atoms with Crippen LogP contribution >= 0.6 is 0 Å². The van der Waals surface area contributed by atoms with Crippen LogP contribution in [0.15, 0.2) is 24.7 Å². The summed E-state index contributed by atoms with van der Waals surface area (Å²) >= 11 is 0. The maximum Gasteiger partial charge on any atom is 0.203 e. The molecule has 0 amide bonds. The summed E-state index contributed by atoms with van der Waals surface area (Å²) in [5, 5.41) is 3.65. The van der Waals surface area contributed by atoms with Gasteiger partial charge in [0.2, 0.25) is 5.75 Å². The highest BCUT2D eigenvalue weighted by Crippen LogP contribution is 2.40. The maximum absolute atomic E-state index is 5.94. The summed E-state index contributed by atoms with van der Waals surface area (Å²) in [6.07, 6.45) is 5.72. The molecule has 0 unspecified atom stereocenters. The average Bonchev–Trinajstić information content (AvgIpc) is 3.12. The highest BCUT2D eigenvalue weighted by Gasteiger charge is 2.26. The zero-order valence-corrected chi connectivity index (χ0v) is 15.2. The molecule has 1 aromatic heterocycles. The molecular weight excluding hydrogens is 334 g/mol. The first kappa shape index (κ1) is 17.2. The fourth-order valence-electron chi connectivity index (χ4n) is 3.56. The predicted molar refractivity (Wildman–Crippen MR) is 95.7 cm³/mol. The van der Waals surface area contributed by atoms with Crippen LogP contribution in [0.4, 0.5) is 0 Å². The van der Waals surface area contributed by atoms with E-state index in [9.17, 15) is 0 Å². The minimum Gasteiger partial charge on any atom is -0.493 e. The Bertz CT molecular complexity index is 744. The molecule has 0 aliphatic carbocycles. The number of rotatable bonds is 5. The molecule has 2 aliphatic heterocycles. The van der Waals surface area contributed by atoms with E-state index in [-0.39, 0.29) is 6.10 Å². The normalized spacial score (nSPS) is 22.2. The molecular formula is C19H25N3O4.